The van der Waals surface area contributed by atoms with Crippen molar-refractivity contribution in [2.45, 2.75) is 18.6 Å². The van der Waals surface area contributed by atoms with E-state index in [0.717, 1.165) is 11.1 Å². The maximum absolute atomic E-state index is 12.8. The lowest BCUT2D eigenvalue weighted by Crippen LogP contribution is -2.44. The van der Waals surface area contributed by atoms with Gasteiger partial charge in [0.1, 0.15) is 5.92 Å². The van der Waals surface area contributed by atoms with Crippen LogP contribution < -0.4 is 5.32 Å². The number of methoxy groups -OCH3 is 1. The Balaban J connectivity index is 2.03. The Morgan fingerprint density at radius 3 is 2.55 bits per heavy atom. The first-order valence-corrected chi connectivity index (χ1v) is 10.3. The maximum atomic E-state index is 12.8. The van der Waals surface area contributed by atoms with Crippen LogP contribution in [0.3, 0.4) is 0 Å². The van der Waals surface area contributed by atoms with Crippen molar-refractivity contribution in [2.75, 3.05) is 7.11 Å². The van der Waals surface area contributed by atoms with E-state index in [0.29, 0.717) is 26.9 Å². The fourth-order valence-electron chi connectivity index (χ4n) is 3.22. The van der Waals surface area contributed by atoms with Gasteiger partial charge in [0.05, 0.1) is 23.8 Å². The number of nitrogens with zero attached hydrogens (tertiary/aromatic N) is 1. The number of benzene rings is 2. The molecule has 5 nitrogen and oxygen atoms in total. The number of carbonyl (C=O) groups excluding carboxylic acids is 2. The Kier molecular flexibility index (Phi) is 6.63. The van der Waals surface area contributed by atoms with Gasteiger partial charge in [-0.25, -0.2) is 0 Å². The van der Waals surface area contributed by atoms with E-state index >= 15 is 0 Å². The maximum Gasteiger partial charge on any atom is 0.319 e. The highest BCUT2D eigenvalue weighted by molar-refractivity contribution is 8.02. The van der Waals surface area contributed by atoms with Gasteiger partial charge >= 0.3 is 5.97 Å². The van der Waals surface area contributed by atoms with E-state index in [4.69, 9.17) is 16.3 Å². The van der Waals surface area contributed by atoms with Crippen molar-refractivity contribution in [1.29, 1.82) is 5.26 Å². The Bertz CT molecular complexity index is 1010. The van der Waals surface area contributed by atoms with Gasteiger partial charge in [0.15, 0.2) is 0 Å². The summed E-state index contributed by atoms with van der Waals surface area (Å²) in [4.78, 5) is 25.2. The van der Waals surface area contributed by atoms with Crippen LogP contribution in [0, 0.1) is 24.2 Å². The number of aryl methyl sites for hydroxylation is 1. The third kappa shape index (κ3) is 4.47. The van der Waals surface area contributed by atoms with Gasteiger partial charge in [0, 0.05) is 16.7 Å². The summed E-state index contributed by atoms with van der Waals surface area (Å²) in [5.74, 6) is -2.51. The average Bonchev–Trinajstić information content (AvgIpc) is 2.72. The largest absolute Gasteiger partial charge is 0.468 e. The van der Waals surface area contributed by atoms with Crippen molar-refractivity contribution in [3.05, 3.63) is 80.8 Å². The smallest absolute Gasteiger partial charge is 0.319 e. The molecule has 1 aliphatic heterocycles. The molecule has 148 valence electrons. The molecule has 0 spiro atoms. The fourth-order valence-corrected chi connectivity index (χ4v) is 4.55. The summed E-state index contributed by atoms with van der Waals surface area (Å²) < 4.78 is 4.85. The fraction of sp³-hybridized carbons (Fsp3) is 0.227. The molecule has 3 rings (SSSR count). The topological polar surface area (TPSA) is 79.2 Å². The monoisotopic (exact) mass is 426 g/mol. The van der Waals surface area contributed by atoms with Crippen LogP contribution in [0.5, 0.6) is 0 Å². The van der Waals surface area contributed by atoms with Crippen LogP contribution in [0.4, 0.5) is 0 Å². The predicted molar refractivity (Wildman–Crippen MR) is 113 cm³/mol. The molecule has 0 saturated carbocycles. The lowest BCUT2D eigenvalue weighted by molar-refractivity contribution is -0.150. The number of hydrogen-bond acceptors (Lipinski definition) is 5. The van der Waals surface area contributed by atoms with Crippen LogP contribution in [0.1, 0.15) is 22.6 Å². The normalized spacial score (nSPS) is 18.8. The second-order valence-electron chi connectivity index (χ2n) is 6.61. The van der Waals surface area contributed by atoms with Crippen LogP contribution in [0.25, 0.3) is 0 Å². The number of esters is 1. The molecule has 29 heavy (non-hydrogen) atoms. The lowest BCUT2D eigenvalue weighted by Gasteiger charge is -2.31. The number of hydrogen-bond donors (Lipinski definition) is 1. The van der Waals surface area contributed by atoms with E-state index in [-0.39, 0.29) is 0 Å². The van der Waals surface area contributed by atoms with Gasteiger partial charge < -0.3 is 10.1 Å². The number of carbonyl (C=O) groups is 2. The van der Waals surface area contributed by atoms with E-state index in [1.54, 1.807) is 6.07 Å². The molecule has 0 aromatic heterocycles. The Morgan fingerprint density at radius 1 is 1.24 bits per heavy atom. The minimum absolute atomic E-state index is 0.334. The van der Waals surface area contributed by atoms with Crippen LogP contribution >= 0.6 is 23.4 Å². The number of rotatable bonds is 5. The molecule has 0 saturated heterocycles. The molecular formula is C22H19ClN2O3S. The highest BCUT2D eigenvalue weighted by Crippen LogP contribution is 2.41. The highest BCUT2D eigenvalue weighted by Gasteiger charge is 2.44. The van der Waals surface area contributed by atoms with Gasteiger partial charge in [-0.05, 0) is 24.1 Å². The lowest BCUT2D eigenvalue weighted by atomic mass is 9.78. The third-order valence-electron chi connectivity index (χ3n) is 4.75. The van der Waals surface area contributed by atoms with Crippen molar-refractivity contribution in [3.63, 3.8) is 0 Å². The van der Waals surface area contributed by atoms with Crippen LogP contribution in [0.15, 0.2) is 59.1 Å². The Hall–Kier alpha value is -2.75. The average molecular weight is 427 g/mol. The molecular weight excluding hydrogens is 408 g/mol. The Labute approximate surface area is 178 Å². The summed E-state index contributed by atoms with van der Waals surface area (Å²) >= 11 is 7.53. The number of allylic oxidation sites excluding steroid dienone is 1. The molecule has 1 N–H and O–H groups in total. The Morgan fingerprint density at radius 2 is 1.93 bits per heavy atom. The molecule has 1 amide bonds. The quantitative estimate of drug-likeness (QED) is 0.569. The molecule has 2 aromatic rings. The van der Waals surface area contributed by atoms with Gasteiger partial charge in [-0.2, -0.15) is 5.26 Å². The van der Waals surface area contributed by atoms with E-state index in [2.05, 4.69) is 11.4 Å². The number of nitriles is 1. The number of thioether (sulfide) groups is 1. The zero-order chi connectivity index (χ0) is 21.0. The standard InChI is InChI=1S/C22H19ClN2O3S/c1-13-7-9-14(10-8-13)18-16(11-24)21(25-20(26)19(18)22(27)28-2)29-12-15-5-3-4-6-17(15)23/h3-10,18-19H,12H2,1-2H3,(H,25,26). The molecule has 7 heteroatoms. The number of nitrogens with one attached hydrogen (secondary N) is 1. The van der Waals surface area contributed by atoms with Crippen molar-refractivity contribution in [2.24, 2.45) is 5.92 Å². The minimum Gasteiger partial charge on any atom is -0.468 e. The molecule has 2 atom stereocenters. The number of ether oxygens (including phenoxy) is 1. The second kappa shape index (κ2) is 9.17. The summed E-state index contributed by atoms with van der Waals surface area (Å²) in [5, 5.41) is 13.7. The summed E-state index contributed by atoms with van der Waals surface area (Å²) in [6.45, 7) is 1.95. The molecule has 1 heterocycles. The molecule has 2 unspecified atom stereocenters. The van der Waals surface area contributed by atoms with Gasteiger partial charge in [0.2, 0.25) is 5.91 Å². The number of amides is 1. The van der Waals surface area contributed by atoms with Crippen molar-refractivity contribution in [3.8, 4) is 6.07 Å². The zero-order valence-electron chi connectivity index (χ0n) is 15.9. The highest BCUT2D eigenvalue weighted by atomic mass is 35.5. The van der Waals surface area contributed by atoms with Gasteiger partial charge in [-0.3, -0.25) is 9.59 Å². The SMILES string of the molecule is COC(=O)C1C(=O)NC(SCc2ccccc2Cl)=C(C#N)C1c1ccc(C)cc1. The summed E-state index contributed by atoms with van der Waals surface area (Å²) in [5.41, 5.74) is 2.98. The summed E-state index contributed by atoms with van der Waals surface area (Å²) in [7, 11) is 1.24. The van der Waals surface area contributed by atoms with E-state index in [9.17, 15) is 14.9 Å². The van der Waals surface area contributed by atoms with Gasteiger partial charge in [-0.15, -0.1) is 11.8 Å². The minimum atomic E-state index is -1.12. The van der Waals surface area contributed by atoms with E-state index in [1.165, 1.54) is 18.9 Å². The van der Waals surface area contributed by atoms with E-state index in [1.807, 2.05) is 49.4 Å². The first kappa shape index (κ1) is 21.0. The predicted octanol–water partition coefficient (Wildman–Crippen LogP) is 4.32. The molecule has 0 radical (unpaired) electrons. The third-order valence-corrected chi connectivity index (χ3v) is 6.18. The molecule has 2 aromatic carbocycles. The zero-order valence-corrected chi connectivity index (χ0v) is 17.5. The van der Waals surface area contributed by atoms with Crippen molar-refractivity contribution >= 4 is 35.2 Å². The van der Waals surface area contributed by atoms with Crippen molar-refractivity contribution in [1.82, 2.24) is 5.32 Å². The first-order valence-electron chi connectivity index (χ1n) is 8.92. The van der Waals surface area contributed by atoms with Crippen molar-refractivity contribution < 1.29 is 14.3 Å². The van der Waals surface area contributed by atoms with Gasteiger partial charge in [-0.1, -0.05) is 59.6 Å². The van der Waals surface area contributed by atoms with Gasteiger partial charge in [0.25, 0.3) is 0 Å². The molecule has 1 aliphatic rings. The summed E-state index contributed by atoms with van der Waals surface area (Å²) in [6, 6.07) is 17.1. The van der Waals surface area contributed by atoms with Crippen LogP contribution in [-0.2, 0) is 20.1 Å². The summed E-state index contributed by atoms with van der Waals surface area (Å²) in [6.07, 6.45) is 0. The van der Waals surface area contributed by atoms with Crippen LogP contribution in [-0.4, -0.2) is 19.0 Å². The molecule has 0 aliphatic carbocycles. The van der Waals surface area contributed by atoms with Crippen LogP contribution in [0.2, 0.25) is 5.02 Å². The molecule has 0 bridgehead atoms. The number of halogens is 1. The van der Waals surface area contributed by atoms with E-state index < -0.39 is 23.7 Å². The molecule has 0 fully saturated rings. The second-order valence-corrected chi connectivity index (χ2v) is 8.01. The first-order chi connectivity index (χ1) is 14.0.